The monoisotopic (exact) mass is 497 g/mol. The van der Waals surface area contributed by atoms with Crippen molar-refractivity contribution in [3.8, 4) is 23.0 Å². The third kappa shape index (κ3) is 5.13. The number of para-hydroxylation sites is 2. The fraction of sp³-hybridized carbons (Fsp3) is 0.375. The van der Waals surface area contributed by atoms with Gasteiger partial charge in [-0.25, -0.2) is 4.99 Å². The lowest BCUT2D eigenvalue weighted by Gasteiger charge is -2.24. The van der Waals surface area contributed by atoms with E-state index in [2.05, 4.69) is 96.8 Å². The van der Waals surface area contributed by atoms with Crippen LogP contribution >= 0.6 is 0 Å². The van der Waals surface area contributed by atoms with Crippen molar-refractivity contribution in [3.05, 3.63) is 81.9 Å². The van der Waals surface area contributed by atoms with E-state index >= 15 is 0 Å². The summed E-state index contributed by atoms with van der Waals surface area (Å²) in [4.78, 5) is 4.20. The lowest BCUT2D eigenvalue weighted by molar-refractivity contribution is 0.404. The lowest BCUT2D eigenvalue weighted by Crippen LogP contribution is -2.11. The van der Waals surface area contributed by atoms with E-state index in [4.69, 9.17) is 20.6 Å². The van der Waals surface area contributed by atoms with Gasteiger partial charge >= 0.3 is 0 Å². The van der Waals surface area contributed by atoms with Gasteiger partial charge in [0, 0.05) is 11.1 Å². The molecule has 3 N–H and O–H groups in total. The zero-order chi connectivity index (χ0) is 27.0. The molecule has 194 valence electrons. The predicted molar refractivity (Wildman–Crippen MR) is 153 cm³/mol. The van der Waals surface area contributed by atoms with E-state index in [9.17, 15) is 0 Å². The van der Waals surface area contributed by atoms with Crippen molar-refractivity contribution in [2.45, 2.75) is 79.1 Å². The fourth-order valence-electron chi connectivity index (χ4n) is 4.79. The number of hydrogen-bond acceptors (Lipinski definition) is 4. The minimum Gasteiger partial charge on any atom is -0.453 e. The Kier molecular flexibility index (Phi) is 7.44. The molecule has 1 heterocycles. The average Bonchev–Trinajstić information content (AvgIpc) is 3.11. The van der Waals surface area contributed by atoms with Gasteiger partial charge in [0.25, 0.3) is 0 Å². The molecule has 3 aromatic carbocycles. The number of nitrogens with zero attached hydrogens (tertiary/aromatic N) is 1. The molecule has 0 aromatic heterocycles. The summed E-state index contributed by atoms with van der Waals surface area (Å²) in [6.07, 6.45) is 0. The molecule has 0 bridgehead atoms. The van der Waals surface area contributed by atoms with Crippen LogP contribution in [0.3, 0.4) is 0 Å². The molecule has 0 aliphatic carbocycles. The van der Waals surface area contributed by atoms with Gasteiger partial charge in [-0.1, -0.05) is 91.8 Å². The summed E-state index contributed by atoms with van der Waals surface area (Å²) in [5.74, 6) is 4.38. The molecule has 1 aliphatic heterocycles. The zero-order valence-corrected chi connectivity index (χ0v) is 23.3. The minimum atomic E-state index is 0.135. The summed E-state index contributed by atoms with van der Waals surface area (Å²) >= 11 is 0. The van der Waals surface area contributed by atoms with Crippen LogP contribution < -0.4 is 15.2 Å². The molecule has 4 rings (SSSR count). The molecule has 0 spiro atoms. The van der Waals surface area contributed by atoms with Gasteiger partial charge in [-0.3, -0.25) is 5.41 Å². The van der Waals surface area contributed by atoms with Gasteiger partial charge in [0.1, 0.15) is 17.3 Å². The Hall–Kier alpha value is -3.60. The van der Waals surface area contributed by atoms with Crippen molar-refractivity contribution >= 4 is 11.7 Å². The molecule has 0 unspecified atom stereocenters. The van der Waals surface area contributed by atoms with Crippen LogP contribution in [-0.4, -0.2) is 11.7 Å². The van der Waals surface area contributed by atoms with Crippen LogP contribution in [-0.2, 0) is 0 Å². The Morgan fingerprint density at radius 1 is 0.622 bits per heavy atom. The van der Waals surface area contributed by atoms with Gasteiger partial charge < -0.3 is 15.2 Å². The molecular weight excluding hydrogens is 458 g/mol. The van der Waals surface area contributed by atoms with E-state index in [-0.39, 0.29) is 29.5 Å². The summed E-state index contributed by atoms with van der Waals surface area (Å²) in [6, 6.07) is 16.4. The number of nitrogens with two attached hydrogens (primary N) is 1. The minimum absolute atomic E-state index is 0.135. The standard InChI is InChI=1S/C32H39N3O2/c1-17(2)21-11-9-12-22(18(3)4)29(21)36-27-15-25-26(32(34)35-31(25)33)16-28(27)37-30-23(19(5)6)13-10-14-24(30)20(7)8/h9-20H,1-8H3,(H3,33,34,35). The normalized spacial score (nSPS) is 13.1. The number of rotatable bonds is 8. The van der Waals surface area contributed by atoms with E-state index in [0.717, 1.165) is 33.8 Å². The van der Waals surface area contributed by atoms with Crippen LogP contribution in [0.15, 0.2) is 53.5 Å². The van der Waals surface area contributed by atoms with Gasteiger partial charge in [0.2, 0.25) is 0 Å². The molecule has 3 aromatic rings. The van der Waals surface area contributed by atoms with Crippen molar-refractivity contribution in [2.24, 2.45) is 10.7 Å². The van der Waals surface area contributed by atoms with Gasteiger partial charge in [-0.2, -0.15) is 0 Å². The maximum absolute atomic E-state index is 8.37. The van der Waals surface area contributed by atoms with E-state index in [1.165, 1.54) is 0 Å². The smallest absolute Gasteiger partial charge is 0.170 e. The Morgan fingerprint density at radius 3 is 1.32 bits per heavy atom. The Balaban J connectivity index is 1.93. The highest BCUT2D eigenvalue weighted by molar-refractivity contribution is 6.21. The van der Waals surface area contributed by atoms with Crippen molar-refractivity contribution in [1.82, 2.24) is 0 Å². The molecule has 0 saturated heterocycles. The summed E-state index contributed by atoms with van der Waals surface area (Å²) in [5.41, 5.74) is 12.1. The second-order valence-corrected chi connectivity index (χ2v) is 11.0. The quantitative estimate of drug-likeness (QED) is 0.326. The largest absolute Gasteiger partial charge is 0.453 e. The van der Waals surface area contributed by atoms with E-state index < -0.39 is 0 Å². The fourth-order valence-corrected chi connectivity index (χ4v) is 4.79. The zero-order valence-electron chi connectivity index (χ0n) is 23.3. The first-order valence-electron chi connectivity index (χ1n) is 13.2. The van der Waals surface area contributed by atoms with E-state index in [0.29, 0.717) is 28.5 Å². The maximum Gasteiger partial charge on any atom is 0.170 e. The first kappa shape index (κ1) is 26.5. The van der Waals surface area contributed by atoms with Crippen LogP contribution in [0, 0.1) is 5.41 Å². The summed E-state index contributed by atoms with van der Waals surface area (Å²) in [7, 11) is 0. The molecule has 0 amide bonds. The molecule has 5 nitrogen and oxygen atoms in total. The molecule has 0 radical (unpaired) electrons. The molecule has 0 atom stereocenters. The Bertz CT molecular complexity index is 1310. The van der Waals surface area contributed by atoms with Gasteiger partial charge in [-0.15, -0.1) is 0 Å². The number of benzene rings is 3. The van der Waals surface area contributed by atoms with Gasteiger partial charge in [-0.05, 0) is 58.1 Å². The van der Waals surface area contributed by atoms with Crippen molar-refractivity contribution < 1.29 is 9.47 Å². The van der Waals surface area contributed by atoms with Crippen LogP contribution in [0.1, 0.15) is 112 Å². The SMILES string of the molecule is CC(C)c1cccc(C(C)C)c1Oc1cc2c(cc1Oc1c(C(C)C)cccc1C(C)C)C(N)=NC2=N. The molecule has 1 aliphatic rings. The maximum atomic E-state index is 8.37. The summed E-state index contributed by atoms with van der Waals surface area (Å²) in [6.45, 7) is 17.4. The number of amidine groups is 2. The van der Waals surface area contributed by atoms with Crippen LogP contribution in [0.25, 0.3) is 0 Å². The second-order valence-electron chi connectivity index (χ2n) is 11.0. The number of nitrogens with one attached hydrogen (secondary N) is 1. The average molecular weight is 498 g/mol. The molecule has 0 fully saturated rings. The van der Waals surface area contributed by atoms with Crippen LogP contribution in [0.4, 0.5) is 0 Å². The molecule has 5 heteroatoms. The predicted octanol–water partition coefficient (Wildman–Crippen LogP) is 8.81. The Morgan fingerprint density at radius 2 is 0.973 bits per heavy atom. The van der Waals surface area contributed by atoms with Gasteiger partial charge in [0.15, 0.2) is 17.3 Å². The van der Waals surface area contributed by atoms with Crippen molar-refractivity contribution in [2.75, 3.05) is 0 Å². The highest BCUT2D eigenvalue weighted by Gasteiger charge is 2.26. The summed E-state index contributed by atoms with van der Waals surface area (Å²) < 4.78 is 13.5. The highest BCUT2D eigenvalue weighted by atomic mass is 16.5. The Labute approximate surface area is 221 Å². The number of aliphatic imine (C=N–C) groups is 1. The molecule has 37 heavy (non-hydrogen) atoms. The van der Waals surface area contributed by atoms with Crippen molar-refractivity contribution in [1.29, 1.82) is 5.41 Å². The van der Waals surface area contributed by atoms with Crippen molar-refractivity contribution in [3.63, 3.8) is 0 Å². The number of fused-ring (bicyclic) bond motifs is 1. The summed E-state index contributed by atoms with van der Waals surface area (Å²) in [5, 5.41) is 8.37. The van der Waals surface area contributed by atoms with E-state index in [1.54, 1.807) is 0 Å². The third-order valence-corrected chi connectivity index (χ3v) is 6.91. The first-order valence-corrected chi connectivity index (χ1v) is 13.2. The van der Waals surface area contributed by atoms with Crippen LogP contribution in [0.2, 0.25) is 0 Å². The number of ether oxygens (including phenoxy) is 2. The van der Waals surface area contributed by atoms with E-state index in [1.807, 2.05) is 12.1 Å². The lowest BCUT2D eigenvalue weighted by atomic mass is 9.93. The third-order valence-electron chi connectivity index (χ3n) is 6.91. The van der Waals surface area contributed by atoms with Gasteiger partial charge in [0.05, 0.1) is 0 Å². The molecular formula is C32H39N3O2. The topological polar surface area (TPSA) is 80.7 Å². The number of hydrogen-bond donors (Lipinski definition) is 2. The molecule has 0 saturated carbocycles. The second kappa shape index (κ2) is 10.4. The van der Waals surface area contributed by atoms with Crippen LogP contribution in [0.5, 0.6) is 23.0 Å². The first-order chi connectivity index (χ1) is 17.5. The highest BCUT2D eigenvalue weighted by Crippen LogP contribution is 2.45.